The average molecular weight is 210 g/mol. The van der Waals surface area contributed by atoms with E-state index < -0.39 is 0 Å². The standard InChI is InChI=1S/C12H18O3/c1-3-5-6-9(4-2)7-10-8-11(13)15-12(10)14/h6,10H,3-5,7-8H2,1-2H3. The van der Waals surface area contributed by atoms with Crippen LogP contribution in [0, 0.1) is 5.92 Å². The number of carbonyl (C=O) groups excluding carboxylic acids is 2. The van der Waals surface area contributed by atoms with Crippen molar-refractivity contribution in [2.45, 2.75) is 46.0 Å². The molecule has 0 aromatic heterocycles. The van der Waals surface area contributed by atoms with Crippen LogP contribution in [0.25, 0.3) is 0 Å². The quantitative estimate of drug-likeness (QED) is 0.398. The average Bonchev–Trinajstić information content (AvgIpc) is 2.52. The summed E-state index contributed by atoms with van der Waals surface area (Å²) >= 11 is 0. The molecule has 0 radical (unpaired) electrons. The summed E-state index contributed by atoms with van der Waals surface area (Å²) in [6.07, 6.45) is 6.20. The monoisotopic (exact) mass is 210 g/mol. The second-order valence-electron chi connectivity index (χ2n) is 3.90. The number of hydrogen-bond acceptors (Lipinski definition) is 3. The third kappa shape index (κ3) is 3.50. The molecular weight excluding hydrogens is 192 g/mol. The molecule has 3 nitrogen and oxygen atoms in total. The van der Waals surface area contributed by atoms with E-state index in [4.69, 9.17) is 0 Å². The highest BCUT2D eigenvalue weighted by atomic mass is 16.6. The molecule has 1 aliphatic heterocycles. The highest BCUT2D eigenvalue weighted by Crippen LogP contribution is 2.25. The maximum Gasteiger partial charge on any atom is 0.317 e. The first-order valence-corrected chi connectivity index (χ1v) is 5.59. The third-order valence-corrected chi connectivity index (χ3v) is 2.65. The molecule has 1 unspecified atom stereocenters. The summed E-state index contributed by atoms with van der Waals surface area (Å²) in [5.74, 6) is -0.965. The molecule has 0 bridgehead atoms. The number of unbranched alkanes of at least 4 members (excludes halogenated alkanes) is 1. The fourth-order valence-electron chi connectivity index (χ4n) is 1.71. The van der Waals surface area contributed by atoms with E-state index in [1.807, 2.05) is 0 Å². The molecule has 0 aromatic carbocycles. The topological polar surface area (TPSA) is 43.4 Å². The van der Waals surface area contributed by atoms with Crippen LogP contribution in [0.5, 0.6) is 0 Å². The van der Waals surface area contributed by atoms with Gasteiger partial charge in [0, 0.05) is 0 Å². The minimum atomic E-state index is -0.379. The molecule has 1 saturated heterocycles. The van der Waals surface area contributed by atoms with Crippen molar-refractivity contribution in [3.8, 4) is 0 Å². The van der Waals surface area contributed by atoms with Crippen molar-refractivity contribution in [1.29, 1.82) is 0 Å². The zero-order valence-corrected chi connectivity index (χ0v) is 9.41. The van der Waals surface area contributed by atoms with Gasteiger partial charge in [-0.15, -0.1) is 0 Å². The van der Waals surface area contributed by atoms with Crippen LogP contribution in [0.3, 0.4) is 0 Å². The van der Waals surface area contributed by atoms with Crippen LogP contribution in [-0.4, -0.2) is 11.9 Å². The molecule has 0 aromatic rings. The van der Waals surface area contributed by atoms with Gasteiger partial charge in [-0.2, -0.15) is 0 Å². The van der Waals surface area contributed by atoms with Gasteiger partial charge in [-0.25, -0.2) is 0 Å². The fraction of sp³-hybridized carbons (Fsp3) is 0.667. The normalized spacial score (nSPS) is 22.0. The smallest absolute Gasteiger partial charge is 0.317 e. The second-order valence-corrected chi connectivity index (χ2v) is 3.90. The molecule has 0 N–H and O–H groups in total. The Labute approximate surface area is 90.5 Å². The van der Waals surface area contributed by atoms with E-state index in [0.29, 0.717) is 6.42 Å². The molecule has 0 aliphatic carbocycles. The first-order valence-electron chi connectivity index (χ1n) is 5.59. The Morgan fingerprint density at radius 3 is 2.67 bits per heavy atom. The van der Waals surface area contributed by atoms with Crippen LogP contribution in [0.15, 0.2) is 11.6 Å². The number of allylic oxidation sites excluding steroid dienone is 2. The van der Waals surface area contributed by atoms with Gasteiger partial charge in [0.1, 0.15) is 0 Å². The minimum Gasteiger partial charge on any atom is -0.393 e. The van der Waals surface area contributed by atoms with Crippen LogP contribution >= 0.6 is 0 Å². The van der Waals surface area contributed by atoms with Crippen LogP contribution in [0.1, 0.15) is 46.0 Å². The summed E-state index contributed by atoms with van der Waals surface area (Å²) in [6.45, 7) is 4.20. The summed E-state index contributed by atoms with van der Waals surface area (Å²) in [6, 6.07) is 0. The molecule has 1 heterocycles. The van der Waals surface area contributed by atoms with E-state index in [9.17, 15) is 9.59 Å². The van der Waals surface area contributed by atoms with Crippen LogP contribution in [0.4, 0.5) is 0 Å². The summed E-state index contributed by atoms with van der Waals surface area (Å²) in [4.78, 5) is 22.1. The molecule has 15 heavy (non-hydrogen) atoms. The van der Waals surface area contributed by atoms with Crippen molar-refractivity contribution in [2.24, 2.45) is 5.92 Å². The molecule has 0 amide bonds. The number of cyclic esters (lactones) is 2. The predicted octanol–water partition coefficient (Wildman–Crippen LogP) is 2.60. The van der Waals surface area contributed by atoms with E-state index in [1.165, 1.54) is 5.57 Å². The lowest BCUT2D eigenvalue weighted by atomic mass is 9.95. The molecule has 0 saturated carbocycles. The highest BCUT2D eigenvalue weighted by molar-refractivity contribution is 5.94. The maximum atomic E-state index is 11.2. The predicted molar refractivity (Wildman–Crippen MR) is 57.1 cm³/mol. The van der Waals surface area contributed by atoms with Gasteiger partial charge >= 0.3 is 11.9 Å². The molecule has 84 valence electrons. The summed E-state index contributed by atoms with van der Waals surface area (Å²) in [7, 11) is 0. The van der Waals surface area contributed by atoms with Gasteiger partial charge in [0.25, 0.3) is 0 Å². The highest BCUT2D eigenvalue weighted by Gasteiger charge is 2.33. The Hall–Kier alpha value is -1.12. The molecule has 1 atom stereocenters. The van der Waals surface area contributed by atoms with Crippen LogP contribution in [-0.2, 0) is 14.3 Å². The van der Waals surface area contributed by atoms with Crippen molar-refractivity contribution in [3.05, 3.63) is 11.6 Å². The molecular formula is C12H18O3. The van der Waals surface area contributed by atoms with Gasteiger partial charge in [0.15, 0.2) is 0 Å². The van der Waals surface area contributed by atoms with Crippen molar-refractivity contribution >= 4 is 11.9 Å². The van der Waals surface area contributed by atoms with Gasteiger partial charge in [0.2, 0.25) is 0 Å². The number of rotatable bonds is 5. The van der Waals surface area contributed by atoms with Gasteiger partial charge in [-0.3, -0.25) is 9.59 Å². The van der Waals surface area contributed by atoms with Gasteiger partial charge in [-0.1, -0.05) is 31.9 Å². The SMILES string of the molecule is CCCC=C(CC)CC1CC(=O)OC1=O. The van der Waals surface area contributed by atoms with Gasteiger partial charge in [-0.05, 0) is 19.3 Å². The van der Waals surface area contributed by atoms with Gasteiger partial charge < -0.3 is 4.74 Å². The molecule has 1 aliphatic rings. The van der Waals surface area contributed by atoms with E-state index in [0.717, 1.165) is 19.3 Å². The lowest BCUT2D eigenvalue weighted by molar-refractivity contribution is -0.153. The number of ether oxygens (including phenoxy) is 1. The van der Waals surface area contributed by atoms with Crippen LogP contribution in [0.2, 0.25) is 0 Å². The fourth-order valence-corrected chi connectivity index (χ4v) is 1.71. The number of esters is 2. The molecule has 1 rings (SSSR count). The van der Waals surface area contributed by atoms with Crippen molar-refractivity contribution < 1.29 is 14.3 Å². The first-order chi connectivity index (χ1) is 7.17. The third-order valence-electron chi connectivity index (χ3n) is 2.65. The zero-order valence-electron chi connectivity index (χ0n) is 9.41. The van der Waals surface area contributed by atoms with Crippen molar-refractivity contribution in [1.82, 2.24) is 0 Å². The second kappa shape index (κ2) is 5.69. The lowest BCUT2D eigenvalue weighted by Crippen LogP contribution is -2.08. The van der Waals surface area contributed by atoms with E-state index in [1.54, 1.807) is 0 Å². The Bertz CT molecular complexity index is 279. The minimum absolute atomic E-state index is 0.236. The van der Waals surface area contributed by atoms with E-state index in [-0.39, 0.29) is 24.3 Å². The molecule has 3 heteroatoms. The Kier molecular flexibility index (Phi) is 4.53. The summed E-state index contributed by atoms with van der Waals surface area (Å²) in [5, 5.41) is 0. The summed E-state index contributed by atoms with van der Waals surface area (Å²) in [5.41, 5.74) is 1.26. The number of hydrogen-bond donors (Lipinski definition) is 0. The lowest BCUT2D eigenvalue weighted by Gasteiger charge is -2.07. The summed E-state index contributed by atoms with van der Waals surface area (Å²) < 4.78 is 4.52. The molecule has 0 spiro atoms. The Morgan fingerprint density at radius 2 is 2.20 bits per heavy atom. The van der Waals surface area contributed by atoms with Gasteiger partial charge in [0.05, 0.1) is 12.3 Å². The van der Waals surface area contributed by atoms with Crippen molar-refractivity contribution in [3.63, 3.8) is 0 Å². The van der Waals surface area contributed by atoms with E-state index >= 15 is 0 Å². The largest absolute Gasteiger partial charge is 0.393 e. The number of carbonyl (C=O) groups is 2. The van der Waals surface area contributed by atoms with Crippen molar-refractivity contribution in [2.75, 3.05) is 0 Å². The zero-order chi connectivity index (χ0) is 11.3. The first kappa shape index (κ1) is 12.0. The Morgan fingerprint density at radius 1 is 1.47 bits per heavy atom. The Balaban J connectivity index is 2.52. The van der Waals surface area contributed by atoms with Crippen LogP contribution < -0.4 is 0 Å². The maximum absolute atomic E-state index is 11.2. The van der Waals surface area contributed by atoms with E-state index in [2.05, 4.69) is 24.7 Å². The molecule has 1 fully saturated rings.